The minimum Gasteiger partial charge on any atom is -0.394 e. The maximum atomic E-state index is 9.07. The van der Waals surface area contributed by atoms with Gasteiger partial charge in [-0.2, -0.15) is 5.26 Å². The summed E-state index contributed by atoms with van der Waals surface area (Å²) in [5, 5.41) is 35.0. The quantitative estimate of drug-likeness (QED) is 0.411. The fraction of sp³-hybridized carbons (Fsp3) is 0.833. The molecule has 0 aromatic carbocycles. The van der Waals surface area contributed by atoms with Gasteiger partial charge < -0.3 is 20.1 Å². The van der Waals surface area contributed by atoms with Gasteiger partial charge in [-0.05, 0) is 0 Å². The van der Waals surface area contributed by atoms with Crippen molar-refractivity contribution in [3.8, 4) is 6.07 Å². The van der Waals surface area contributed by atoms with Crippen LogP contribution in [0.15, 0.2) is 0 Å². The fourth-order valence-electron chi connectivity index (χ4n) is 1.01. The first-order chi connectivity index (χ1) is 5.20. The molecule has 3 N–H and O–H groups in total. The Labute approximate surface area is 63.4 Å². The number of ether oxygens (including phenoxy) is 1. The Hall–Kier alpha value is -0.670. The van der Waals surface area contributed by atoms with Gasteiger partial charge in [0.05, 0.1) is 12.7 Å². The van der Waals surface area contributed by atoms with Gasteiger partial charge in [0.2, 0.25) is 0 Å². The van der Waals surface area contributed by atoms with Gasteiger partial charge in [0.15, 0.2) is 6.10 Å². The van der Waals surface area contributed by atoms with Crippen LogP contribution in [0, 0.1) is 11.3 Å². The van der Waals surface area contributed by atoms with E-state index in [1.165, 1.54) is 0 Å². The van der Waals surface area contributed by atoms with Gasteiger partial charge in [-0.3, -0.25) is 0 Å². The first-order valence-electron chi connectivity index (χ1n) is 3.22. The molecule has 1 saturated heterocycles. The molecule has 62 valence electrons. The lowest BCUT2D eigenvalue weighted by Crippen LogP contribution is -2.33. The van der Waals surface area contributed by atoms with Gasteiger partial charge in [-0.1, -0.05) is 0 Å². The van der Waals surface area contributed by atoms with Crippen molar-refractivity contribution in [2.45, 2.75) is 24.4 Å². The van der Waals surface area contributed by atoms with Crippen LogP contribution in [-0.2, 0) is 4.74 Å². The highest BCUT2D eigenvalue weighted by molar-refractivity contribution is 5.01. The minimum atomic E-state index is -1.21. The van der Waals surface area contributed by atoms with Gasteiger partial charge in [-0.25, -0.2) is 0 Å². The number of hydrogen-bond acceptors (Lipinski definition) is 5. The summed E-state index contributed by atoms with van der Waals surface area (Å²) in [6.45, 7) is -0.392. The normalized spacial score (nSPS) is 43.8. The Bertz CT molecular complexity index is 178. The average Bonchev–Trinajstić information content (AvgIpc) is 2.30. The smallest absolute Gasteiger partial charge is 0.172 e. The lowest BCUT2D eigenvalue weighted by atomic mass is 10.1. The Balaban J connectivity index is 2.62. The molecule has 0 bridgehead atoms. The summed E-state index contributed by atoms with van der Waals surface area (Å²) in [7, 11) is 0. The Morgan fingerprint density at radius 2 is 2.00 bits per heavy atom. The van der Waals surface area contributed by atoms with Crippen LogP contribution >= 0.6 is 0 Å². The zero-order valence-corrected chi connectivity index (χ0v) is 5.71. The van der Waals surface area contributed by atoms with Crippen LogP contribution in [0.3, 0.4) is 0 Å². The topological polar surface area (TPSA) is 93.7 Å². The SMILES string of the molecule is N#CC1O[C@H](CO)[C@@H](O)[C@H]1O. The molecule has 0 saturated carbocycles. The molecule has 0 aromatic heterocycles. The summed E-state index contributed by atoms with van der Waals surface area (Å²) in [4.78, 5) is 0. The van der Waals surface area contributed by atoms with E-state index in [4.69, 9.17) is 25.3 Å². The molecule has 0 amide bonds. The molecule has 0 radical (unpaired) electrons. The van der Waals surface area contributed by atoms with E-state index in [0.717, 1.165) is 0 Å². The van der Waals surface area contributed by atoms with E-state index in [0.29, 0.717) is 0 Å². The highest BCUT2D eigenvalue weighted by Gasteiger charge is 2.42. The molecule has 1 aliphatic rings. The van der Waals surface area contributed by atoms with Crippen molar-refractivity contribution in [3.63, 3.8) is 0 Å². The van der Waals surface area contributed by atoms with Gasteiger partial charge >= 0.3 is 0 Å². The number of nitriles is 1. The molecule has 1 unspecified atom stereocenters. The first-order valence-corrected chi connectivity index (χ1v) is 3.22. The van der Waals surface area contributed by atoms with Crippen molar-refractivity contribution in [2.75, 3.05) is 6.61 Å². The molecular weight excluding hydrogens is 150 g/mol. The monoisotopic (exact) mass is 159 g/mol. The van der Waals surface area contributed by atoms with Crippen LogP contribution in [0.4, 0.5) is 0 Å². The summed E-state index contributed by atoms with van der Waals surface area (Å²) in [5.74, 6) is 0. The Morgan fingerprint density at radius 3 is 2.27 bits per heavy atom. The van der Waals surface area contributed by atoms with Gasteiger partial charge in [-0.15, -0.1) is 0 Å². The maximum Gasteiger partial charge on any atom is 0.172 e. The molecule has 0 spiro atoms. The number of aliphatic hydroxyl groups excluding tert-OH is 3. The van der Waals surface area contributed by atoms with Crippen molar-refractivity contribution in [3.05, 3.63) is 0 Å². The summed E-state index contributed by atoms with van der Waals surface area (Å²) >= 11 is 0. The van der Waals surface area contributed by atoms with Crippen LogP contribution in [0.2, 0.25) is 0 Å². The van der Waals surface area contributed by atoms with Crippen molar-refractivity contribution in [1.82, 2.24) is 0 Å². The minimum absolute atomic E-state index is 0.392. The summed E-state index contributed by atoms with van der Waals surface area (Å²) < 4.78 is 4.77. The number of hydrogen-bond donors (Lipinski definition) is 3. The van der Waals surface area contributed by atoms with Crippen molar-refractivity contribution in [1.29, 1.82) is 5.26 Å². The predicted octanol–water partition coefficient (Wildman–Crippen LogP) is -2.01. The largest absolute Gasteiger partial charge is 0.394 e. The molecule has 1 rings (SSSR count). The van der Waals surface area contributed by atoms with E-state index in [2.05, 4.69) is 0 Å². The second-order valence-electron chi connectivity index (χ2n) is 2.39. The number of rotatable bonds is 1. The van der Waals surface area contributed by atoms with Crippen LogP contribution in [0.1, 0.15) is 0 Å². The predicted molar refractivity (Wildman–Crippen MR) is 33.4 cm³/mol. The maximum absolute atomic E-state index is 9.07. The van der Waals surface area contributed by atoms with E-state index >= 15 is 0 Å². The third-order valence-corrected chi connectivity index (χ3v) is 1.67. The summed E-state index contributed by atoms with van der Waals surface area (Å²) in [6.07, 6.45) is -4.24. The number of aliphatic hydroxyl groups is 3. The molecule has 11 heavy (non-hydrogen) atoms. The third kappa shape index (κ3) is 1.34. The standard InChI is InChI=1S/C6H9NO4/c7-1-3-5(9)6(10)4(2-8)11-3/h3-6,8-10H,2H2/t3?,4-,5+,6-/m1/s1. The zero-order valence-electron chi connectivity index (χ0n) is 5.71. The van der Waals surface area contributed by atoms with E-state index in [1.54, 1.807) is 6.07 Å². The van der Waals surface area contributed by atoms with Crippen LogP contribution in [0.25, 0.3) is 0 Å². The molecule has 1 heterocycles. The van der Waals surface area contributed by atoms with Crippen LogP contribution in [-0.4, -0.2) is 46.3 Å². The molecule has 5 nitrogen and oxygen atoms in total. The summed E-state index contributed by atoms with van der Waals surface area (Å²) in [5.41, 5.74) is 0. The molecular formula is C6H9NO4. The van der Waals surface area contributed by atoms with Gasteiger partial charge in [0, 0.05) is 0 Å². The van der Waals surface area contributed by atoms with Crippen LogP contribution in [0.5, 0.6) is 0 Å². The Morgan fingerprint density at radius 1 is 1.36 bits per heavy atom. The molecule has 5 heteroatoms. The lowest BCUT2D eigenvalue weighted by molar-refractivity contribution is -0.0113. The number of nitrogens with zero attached hydrogens (tertiary/aromatic N) is 1. The molecule has 0 aromatic rings. The molecule has 1 fully saturated rings. The van der Waals surface area contributed by atoms with Crippen LogP contribution < -0.4 is 0 Å². The third-order valence-electron chi connectivity index (χ3n) is 1.67. The van der Waals surface area contributed by atoms with Crippen molar-refractivity contribution < 1.29 is 20.1 Å². The van der Waals surface area contributed by atoms with Gasteiger partial charge in [0.1, 0.15) is 18.3 Å². The van der Waals surface area contributed by atoms with Crippen molar-refractivity contribution >= 4 is 0 Å². The highest BCUT2D eigenvalue weighted by atomic mass is 16.6. The van der Waals surface area contributed by atoms with E-state index in [-0.39, 0.29) is 0 Å². The summed E-state index contributed by atoms with van der Waals surface area (Å²) in [6, 6.07) is 1.67. The van der Waals surface area contributed by atoms with E-state index < -0.39 is 31.0 Å². The molecule has 1 aliphatic heterocycles. The first kappa shape index (κ1) is 8.43. The second kappa shape index (κ2) is 3.15. The average molecular weight is 159 g/mol. The zero-order chi connectivity index (χ0) is 8.43. The fourth-order valence-corrected chi connectivity index (χ4v) is 1.01. The van der Waals surface area contributed by atoms with Gasteiger partial charge in [0.25, 0.3) is 0 Å². The van der Waals surface area contributed by atoms with Crippen molar-refractivity contribution in [2.24, 2.45) is 0 Å². The highest BCUT2D eigenvalue weighted by Crippen LogP contribution is 2.19. The molecule has 4 atom stereocenters. The molecule has 0 aliphatic carbocycles. The second-order valence-corrected chi connectivity index (χ2v) is 2.39. The van der Waals surface area contributed by atoms with E-state index in [1.807, 2.05) is 0 Å². The lowest BCUT2D eigenvalue weighted by Gasteiger charge is -2.09. The van der Waals surface area contributed by atoms with E-state index in [9.17, 15) is 0 Å². The Kier molecular flexibility index (Phi) is 2.42.